The second-order valence-electron chi connectivity index (χ2n) is 7.44. The molecule has 0 fully saturated rings. The summed E-state index contributed by atoms with van der Waals surface area (Å²) >= 11 is 0. The number of rotatable bonds is 2. The first-order chi connectivity index (χ1) is 13.2. The molecule has 0 amide bonds. The maximum Gasteiger partial charge on any atom is 0.336 e. The Morgan fingerprint density at radius 2 is 1.79 bits per heavy atom. The van der Waals surface area contributed by atoms with Crippen molar-refractivity contribution in [2.75, 3.05) is 0 Å². The highest BCUT2D eigenvalue weighted by atomic mass is 16.4. The predicted octanol–water partition coefficient (Wildman–Crippen LogP) is 4.59. The van der Waals surface area contributed by atoms with Gasteiger partial charge >= 0.3 is 5.97 Å². The molecular formula is C23H18O5. The molecule has 1 aliphatic heterocycles. The number of allylic oxidation sites excluding steroid dienone is 4. The fraction of sp³-hybridized carbons (Fsp3) is 0.130. The fourth-order valence-corrected chi connectivity index (χ4v) is 3.39. The molecule has 140 valence electrons. The van der Waals surface area contributed by atoms with E-state index in [1.807, 2.05) is 26.0 Å². The van der Waals surface area contributed by atoms with Crippen molar-refractivity contribution in [2.45, 2.75) is 13.8 Å². The molecule has 0 radical (unpaired) electrons. The quantitative estimate of drug-likeness (QED) is 0.641. The zero-order chi connectivity index (χ0) is 20.1. The van der Waals surface area contributed by atoms with Gasteiger partial charge in [-0.1, -0.05) is 38.2 Å². The van der Waals surface area contributed by atoms with E-state index in [4.69, 9.17) is 4.42 Å². The first-order valence-corrected chi connectivity index (χ1v) is 8.81. The van der Waals surface area contributed by atoms with Crippen LogP contribution in [0.5, 0.6) is 5.75 Å². The lowest BCUT2D eigenvalue weighted by atomic mass is 9.90. The number of aromatic hydroxyl groups is 1. The minimum atomic E-state index is -1.05. The van der Waals surface area contributed by atoms with Crippen molar-refractivity contribution in [3.05, 3.63) is 82.1 Å². The fourth-order valence-electron chi connectivity index (χ4n) is 3.39. The van der Waals surface area contributed by atoms with E-state index in [0.717, 1.165) is 0 Å². The van der Waals surface area contributed by atoms with E-state index in [2.05, 4.69) is 0 Å². The molecule has 0 saturated heterocycles. The second kappa shape index (κ2) is 6.23. The lowest BCUT2D eigenvalue weighted by Gasteiger charge is -2.17. The number of carbonyl (C=O) groups is 1. The molecule has 0 aromatic heterocycles. The largest absolute Gasteiger partial charge is 0.508 e. The average molecular weight is 374 g/mol. The summed E-state index contributed by atoms with van der Waals surface area (Å²) in [5, 5.41) is 20.3. The summed E-state index contributed by atoms with van der Waals surface area (Å²) in [4.78, 5) is 23.9. The summed E-state index contributed by atoms with van der Waals surface area (Å²) in [5.74, 6) is -0.696. The Balaban J connectivity index is 2.18. The van der Waals surface area contributed by atoms with Crippen LogP contribution in [-0.4, -0.2) is 16.2 Å². The number of hydrogen-bond acceptors (Lipinski definition) is 4. The van der Waals surface area contributed by atoms with Crippen molar-refractivity contribution in [1.82, 2.24) is 0 Å². The molecule has 2 N–H and O–H groups in total. The third-order valence-corrected chi connectivity index (χ3v) is 4.83. The summed E-state index contributed by atoms with van der Waals surface area (Å²) in [6.45, 7) is 3.97. The van der Waals surface area contributed by atoms with Crippen molar-refractivity contribution in [2.24, 2.45) is 5.41 Å². The number of benzene rings is 2. The summed E-state index contributed by atoms with van der Waals surface area (Å²) in [5.41, 5.74) is 1.78. The molecule has 0 spiro atoms. The molecule has 1 heterocycles. The Kier molecular flexibility index (Phi) is 3.96. The first kappa shape index (κ1) is 17.8. The Morgan fingerprint density at radius 3 is 2.54 bits per heavy atom. The third-order valence-electron chi connectivity index (χ3n) is 4.83. The van der Waals surface area contributed by atoms with Crippen LogP contribution in [-0.2, 0) is 4.79 Å². The van der Waals surface area contributed by atoms with Crippen LogP contribution >= 0.6 is 0 Å². The van der Waals surface area contributed by atoms with Gasteiger partial charge in [-0.25, -0.2) is 4.79 Å². The molecule has 28 heavy (non-hydrogen) atoms. The van der Waals surface area contributed by atoms with Gasteiger partial charge in [-0.3, -0.25) is 4.79 Å². The van der Waals surface area contributed by atoms with Gasteiger partial charge in [0, 0.05) is 34.1 Å². The number of phenolic OH excluding ortho intramolecular Hbond substituents is 1. The molecule has 4 rings (SSSR count). The molecule has 1 aromatic rings. The van der Waals surface area contributed by atoms with E-state index in [0.29, 0.717) is 33.4 Å². The van der Waals surface area contributed by atoms with E-state index in [9.17, 15) is 19.8 Å². The minimum Gasteiger partial charge on any atom is -0.508 e. The van der Waals surface area contributed by atoms with Gasteiger partial charge in [0.2, 0.25) is 0 Å². The zero-order valence-electron chi connectivity index (χ0n) is 15.4. The Labute approximate surface area is 160 Å². The summed E-state index contributed by atoms with van der Waals surface area (Å²) in [6.07, 6.45) is 7.20. The molecule has 2 aliphatic carbocycles. The highest BCUT2D eigenvalue weighted by molar-refractivity contribution is 6.09. The summed E-state index contributed by atoms with van der Waals surface area (Å²) in [7, 11) is 0. The molecule has 0 bridgehead atoms. The molecule has 0 saturated carbocycles. The monoisotopic (exact) mass is 374 g/mol. The number of hydrogen-bond donors (Lipinski definition) is 2. The van der Waals surface area contributed by atoms with E-state index in [-0.39, 0.29) is 22.2 Å². The Morgan fingerprint density at radius 1 is 1.04 bits per heavy atom. The van der Waals surface area contributed by atoms with E-state index < -0.39 is 5.97 Å². The van der Waals surface area contributed by atoms with Gasteiger partial charge in [0.05, 0.1) is 5.57 Å². The van der Waals surface area contributed by atoms with Crippen molar-refractivity contribution in [3.63, 3.8) is 0 Å². The normalized spacial score (nSPS) is 15.9. The summed E-state index contributed by atoms with van der Waals surface area (Å²) < 4.78 is 5.84. The molecule has 5 heteroatoms. The van der Waals surface area contributed by atoms with E-state index in [1.165, 1.54) is 24.3 Å². The number of fused-ring (bicyclic) bond motifs is 2. The van der Waals surface area contributed by atoms with Crippen molar-refractivity contribution < 1.29 is 19.4 Å². The van der Waals surface area contributed by atoms with Gasteiger partial charge in [0.15, 0.2) is 5.43 Å². The van der Waals surface area contributed by atoms with Crippen molar-refractivity contribution in [3.8, 4) is 17.1 Å². The molecule has 0 atom stereocenters. The standard InChI is InChI=1S/C23H18O5/c1-23(2)9-7-15(16(8-10-23)22(26)27)21-17-5-3-13(24)11-19(17)28-20-12-14(25)4-6-18(20)21/h3-12,24H,1-2H3,(H,26,27). The van der Waals surface area contributed by atoms with Gasteiger partial charge in [-0.05, 0) is 29.8 Å². The third kappa shape index (κ3) is 3.01. The summed E-state index contributed by atoms with van der Waals surface area (Å²) in [6, 6.07) is 9.10. The Hall–Kier alpha value is -3.60. The van der Waals surface area contributed by atoms with E-state index in [1.54, 1.807) is 24.3 Å². The lowest BCUT2D eigenvalue weighted by molar-refractivity contribution is -0.132. The number of phenols is 1. The van der Waals surface area contributed by atoms with Gasteiger partial charge < -0.3 is 14.6 Å². The highest BCUT2D eigenvalue weighted by Gasteiger charge is 2.24. The SMILES string of the molecule is CC1(C)C=CC(C(=O)O)=C(c2c3ccc(=O)cc-3oc3cc(O)ccc23)C=C1. The molecule has 5 nitrogen and oxygen atoms in total. The molecule has 1 aromatic carbocycles. The topological polar surface area (TPSA) is 87.7 Å². The molecule has 0 unspecified atom stereocenters. The van der Waals surface area contributed by atoms with Crippen LogP contribution < -0.4 is 5.43 Å². The molecular weight excluding hydrogens is 356 g/mol. The van der Waals surface area contributed by atoms with Gasteiger partial charge in [-0.2, -0.15) is 0 Å². The van der Waals surface area contributed by atoms with Crippen LogP contribution in [0.4, 0.5) is 0 Å². The Bertz CT molecular complexity index is 1240. The highest BCUT2D eigenvalue weighted by Crippen LogP contribution is 2.41. The van der Waals surface area contributed by atoms with Crippen LogP contribution in [0.2, 0.25) is 0 Å². The number of carboxylic acids is 1. The smallest absolute Gasteiger partial charge is 0.336 e. The van der Waals surface area contributed by atoms with Crippen LogP contribution in [0, 0.1) is 5.41 Å². The lowest BCUT2D eigenvalue weighted by Crippen LogP contribution is -2.05. The number of carboxylic acid groups (broad SMARTS) is 1. The predicted molar refractivity (Wildman–Crippen MR) is 107 cm³/mol. The minimum absolute atomic E-state index is 0.0182. The first-order valence-electron chi connectivity index (χ1n) is 8.81. The van der Waals surface area contributed by atoms with Gasteiger partial charge in [0.25, 0.3) is 0 Å². The zero-order valence-corrected chi connectivity index (χ0v) is 15.4. The maximum absolute atomic E-state index is 12.0. The van der Waals surface area contributed by atoms with Crippen LogP contribution in [0.25, 0.3) is 27.9 Å². The van der Waals surface area contributed by atoms with Gasteiger partial charge in [0.1, 0.15) is 17.1 Å². The van der Waals surface area contributed by atoms with Crippen LogP contribution in [0.3, 0.4) is 0 Å². The maximum atomic E-state index is 12.0. The van der Waals surface area contributed by atoms with Gasteiger partial charge in [-0.15, -0.1) is 0 Å². The van der Waals surface area contributed by atoms with E-state index >= 15 is 0 Å². The van der Waals surface area contributed by atoms with Crippen LogP contribution in [0.1, 0.15) is 19.4 Å². The van der Waals surface area contributed by atoms with Crippen molar-refractivity contribution >= 4 is 22.5 Å². The van der Waals surface area contributed by atoms with Crippen LogP contribution in [0.15, 0.2) is 75.5 Å². The van der Waals surface area contributed by atoms with Crippen molar-refractivity contribution in [1.29, 1.82) is 0 Å². The average Bonchev–Trinajstić information content (AvgIpc) is 2.77. The second-order valence-corrected chi connectivity index (χ2v) is 7.44. The molecule has 3 aliphatic rings. The number of aliphatic carboxylic acids is 1.